The molecule has 0 heterocycles. The Morgan fingerprint density at radius 1 is 0.372 bits per heavy atom. The van der Waals surface area contributed by atoms with Crippen molar-refractivity contribution in [3.63, 3.8) is 0 Å². The Labute approximate surface area is 531 Å². The Kier molecular flexibility index (Phi) is 63.5. The molecule has 0 fully saturated rings. The van der Waals surface area contributed by atoms with E-state index < -0.39 is 26.5 Å². The quantitative estimate of drug-likeness (QED) is 0.0195. The number of carbonyl (C=O) groups excluding carboxylic acids is 2. The first kappa shape index (κ1) is 82.7. The zero-order chi connectivity index (χ0) is 62.6. The smallest absolute Gasteiger partial charge is 0.306 e. The monoisotopic (exact) mass is 1220 g/mol. The second kappa shape index (κ2) is 66.1. The van der Waals surface area contributed by atoms with Crippen LogP contribution in [-0.2, 0) is 32.7 Å². The van der Waals surface area contributed by atoms with Gasteiger partial charge in [-0.1, -0.05) is 303 Å². The third-order valence-corrected chi connectivity index (χ3v) is 16.2. The lowest BCUT2D eigenvalue weighted by atomic mass is 10.0. The van der Waals surface area contributed by atoms with Crippen LogP contribution in [0.15, 0.2) is 109 Å². The molecular weight excluding hydrogens is 1090 g/mol. The van der Waals surface area contributed by atoms with Crippen molar-refractivity contribution in [2.24, 2.45) is 0 Å². The van der Waals surface area contributed by atoms with Gasteiger partial charge in [-0.25, -0.2) is 0 Å². The summed E-state index contributed by atoms with van der Waals surface area (Å²) < 4.78 is 34.3. The van der Waals surface area contributed by atoms with Crippen LogP contribution in [0.1, 0.15) is 309 Å². The third-order valence-electron chi connectivity index (χ3n) is 15.3. The van der Waals surface area contributed by atoms with E-state index in [1.807, 2.05) is 21.1 Å². The van der Waals surface area contributed by atoms with Gasteiger partial charge < -0.3 is 27.9 Å². The number of hydrogen-bond donors (Lipinski definition) is 0. The molecule has 0 bridgehead atoms. The van der Waals surface area contributed by atoms with E-state index in [-0.39, 0.29) is 32.0 Å². The number of phosphoric acid groups is 1. The molecule has 10 heteroatoms. The molecule has 0 aliphatic rings. The van der Waals surface area contributed by atoms with Crippen molar-refractivity contribution >= 4 is 19.8 Å². The number of rotatable bonds is 65. The lowest BCUT2D eigenvalue weighted by Crippen LogP contribution is -2.37. The minimum absolute atomic E-state index is 0.0345. The maximum Gasteiger partial charge on any atom is 0.306 e. The molecule has 0 saturated carbocycles. The predicted molar refractivity (Wildman–Crippen MR) is 369 cm³/mol. The number of allylic oxidation sites excluding steroid dienone is 18. The predicted octanol–water partition coefficient (Wildman–Crippen LogP) is 22.6. The van der Waals surface area contributed by atoms with Gasteiger partial charge in [-0.15, -0.1) is 0 Å². The number of esters is 2. The Bertz CT molecular complexity index is 1820. The van der Waals surface area contributed by atoms with Gasteiger partial charge in [0.2, 0.25) is 0 Å². The Hall–Kier alpha value is -3.33. The first-order chi connectivity index (χ1) is 42.0. The van der Waals surface area contributed by atoms with Gasteiger partial charge in [-0.3, -0.25) is 14.2 Å². The van der Waals surface area contributed by atoms with Crippen LogP contribution >= 0.6 is 7.82 Å². The van der Waals surface area contributed by atoms with E-state index in [1.165, 1.54) is 173 Å². The summed E-state index contributed by atoms with van der Waals surface area (Å²) in [5.41, 5.74) is 0. The van der Waals surface area contributed by atoms with Crippen LogP contribution in [0.2, 0.25) is 0 Å². The number of quaternary nitrogens is 1. The molecule has 0 saturated heterocycles. The number of nitrogens with zero attached hydrogens (tertiary/aromatic N) is 1. The van der Waals surface area contributed by atoms with Crippen LogP contribution in [-0.4, -0.2) is 70.0 Å². The average molecular weight is 1220 g/mol. The van der Waals surface area contributed by atoms with E-state index in [9.17, 15) is 19.0 Å². The lowest BCUT2D eigenvalue weighted by molar-refractivity contribution is -0.870. The molecule has 0 aromatic rings. The number of carbonyl (C=O) groups is 2. The van der Waals surface area contributed by atoms with Crippen molar-refractivity contribution in [1.29, 1.82) is 0 Å². The highest BCUT2D eigenvalue weighted by atomic mass is 31.2. The number of likely N-dealkylation sites (N-methyl/N-ethyl adjacent to an activating group) is 1. The van der Waals surface area contributed by atoms with Gasteiger partial charge in [-0.05, 0) is 103 Å². The fraction of sp³-hybridized carbons (Fsp3) is 0.737. The summed E-state index contributed by atoms with van der Waals surface area (Å²) in [6, 6.07) is 0. The Morgan fingerprint density at radius 3 is 0.988 bits per heavy atom. The fourth-order valence-electron chi connectivity index (χ4n) is 9.85. The first-order valence-corrected chi connectivity index (χ1v) is 37.1. The zero-order valence-corrected chi connectivity index (χ0v) is 57.4. The number of hydrogen-bond acceptors (Lipinski definition) is 8. The Balaban J connectivity index is 4.00. The van der Waals surface area contributed by atoms with Gasteiger partial charge in [0.1, 0.15) is 19.8 Å². The normalized spacial score (nSPS) is 13.8. The van der Waals surface area contributed by atoms with Gasteiger partial charge in [0.05, 0.1) is 27.7 Å². The van der Waals surface area contributed by atoms with Crippen molar-refractivity contribution in [1.82, 2.24) is 0 Å². The molecule has 2 atom stereocenters. The van der Waals surface area contributed by atoms with Crippen LogP contribution in [0, 0.1) is 0 Å². The fourth-order valence-corrected chi connectivity index (χ4v) is 10.6. The number of ether oxygens (including phenoxy) is 2. The molecule has 0 amide bonds. The molecule has 0 aliphatic heterocycles. The second-order valence-corrected chi connectivity index (χ2v) is 26.3. The van der Waals surface area contributed by atoms with Crippen molar-refractivity contribution in [3.05, 3.63) is 109 Å². The maximum absolute atomic E-state index is 12.9. The van der Waals surface area contributed by atoms with Gasteiger partial charge in [0.15, 0.2) is 6.10 Å². The topological polar surface area (TPSA) is 111 Å². The summed E-state index contributed by atoms with van der Waals surface area (Å²) >= 11 is 0. The summed E-state index contributed by atoms with van der Waals surface area (Å²) in [6.45, 7) is 4.13. The zero-order valence-electron chi connectivity index (χ0n) is 56.5. The van der Waals surface area contributed by atoms with Gasteiger partial charge in [0.25, 0.3) is 7.82 Å². The molecule has 0 radical (unpaired) electrons. The van der Waals surface area contributed by atoms with E-state index >= 15 is 0 Å². The van der Waals surface area contributed by atoms with Gasteiger partial charge in [0, 0.05) is 12.8 Å². The van der Waals surface area contributed by atoms with E-state index in [0.717, 1.165) is 103 Å². The number of phosphoric ester groups is 1. The minimum Gasteiger partial charge on any atom is -0.756 e. The van der Waals surface area contributed by atoms with Crippen LogP contribution < -0.4 is 4.89 Å². The summed E-state index contributed by atoms with van der Waals surface area (Å²) in [6.07, 6.45) is 93.1. The molecule has 496 valence electrons. The van der Waals surface area contributed by atoms with Crippen LogP contribution in [0.3, 0.4) is 0 Å². The van der Waals surface area contributed by atoms with Crippen molar-refractivity contribution in [2.75, 3.05) is 47.5 Å². The molecule has 0 N–H and O–H groups in total. The second-order valence-electron chi connectivity index (χ2n) is 24.9. The highest BCUT2D eigenvalue weighted by Crippen LogP contribution is 2.38. The third kappa shape index (κ3) is 69.8. The molecule has 0 aromatic heterocycles. The molecule has 0 spiro atoms. The molecule has 0 aromatic carbocycles. The number of unbranched alkanes of at least 4 members (excludes halogenated alkanes) is 33. The van der Waals surface area contributed by atoms with E-state index in [4.69, 9.17) is 18.5 Å². The highest BCUT2D eigenvalue weighted by molar-refractivity contribution is 7.45. The summed E-state index contributed by atoms with van der Waals surface area (Å²) in [4.78, 5) is 38.1. The summed E-state index contributed by atoms with van der Waals surface area (Å²) in [5.74, 6) is -0.834. The summed E-state index contributed by atoms with van der Waals surface area (Å²) in [5, 5.41) is 0. The maximum atomic E-state index is 12.9. The standard InChI is InChI=1S/C76H134NO8P/c1-6-8-10-12-14-16-18-20-22-24-26-28-30-31-32-33-34-35-36-37-38-39-40-41-42-43-44-45-47-49-51-53-55-57-59-61-63-65-67-69-76(79)85-74(73-84-86(80,81)83-71-70-77(3,4)5)72-82-75(78)68-66-64-62-60-58-56-54-52-50-48-46-29-27-25-23-21-19-17-15-13-11-9-7-2/h8,10,14,16,19-22,25-28,31-32,34-35,46,48,74H,6-7,9,11-13,15,17-18,23-24,29-30,33,36-45,47,49-73H2,1-5H3/b10-8-,16-14-,21-19-,22-20-,27-25-,28-26-,32-31-,35-34-,48-46-. The van der Waals surface area contributed by atoms with Gasteiger partial charge >= 0.3 is 11.9 Å². The Morgan fingerprint density at radius 2 is 0.663 bits per heavy atom. The minimum atomic E-state index is -4.65. The highest BCUT2D eigenvalue weighted by Gasteiger charge is 2.22. The molecule has 9 nitrogen and oxygen atoms in total. The molecule has 0 rings (SSSR count). The van der Waals surface area contributed by atoms with Gasteiger partial charge in [-0.2, -0.15) is 0 Å². The van der Waals surface area contributed by atoms with E-state index in [1.54, 1.807) is 0 Å². The lowest BCUT2D eigenvalue weighted by Gasteiger charge is -2.28. The van der Waals surface area contributed by atoms with Crippen LogP contribution in [0.4, 0.5) is 0 Å². The molecule has 86 heavy (non-hydrogen) atoms. The first-order valence-electron chi connectivity index (χ1n) is 35.6. The van der Waals surface area contributed by atoms with Crippen molar-refractivity contribution in [2.45, 2.75) is 315 Å². The summed E-state index contributed by atoms with van der Waals surface area (Å²) in [7, 11) is 1.16. The average Bonchev–Trinajstić information content (AvgIpc) is 3.56. The molecule has 2 unspecified atom stereocenters. The molecule has 0 aliphatic carbocycles. The van der Waals surface area contributed by atoms with E-state index in [0.29, 0.717) is 17.4 Å². The van der Waals surface area contributed by atoms with Crippen molar-refractivity contribution < 1.29 is 42.1 Å². The van der Waals surface area contributed by atoms with E-state index in [2.05, 4.69) is 123 Å². The SMILES string of the molecule is CC/C=C\C/C=C\C/C=C\C/C=C\C/C=C\C/C=C\CCCCCCCCCCCCCCCCCCCCCCC(=O)OC(COC(=O)CCCCCCCCCC/C=C\C/C=C\C/C=C\CCCCCCC)COP(=O)([O-])OCC[N+](C)(C)C. The molecular formula is C76H134NO8P. The largest absolute Gasteiger partial charge is 0.756 e. The van der Waals surface area contributed by atoms with Crippen LogP contribution in [0.5, 0.6) is 0 Å². The van der Waals surface area contributed by atoms with Crippen molar-refractivity contribution in [3.8, 4) is 0 Å². The van der Waals surface area contributed by atoms with Crippen LogP contribution in [0.25, 0.3) is 0 Å².